The van der Waals surface area contributed by atoms with Crippen molar-refractivity contribution >= 4 is 39.9 Å². The average molecular weight is 369 g/mol. The summed E-state index contributed by atoms with van der Waals surface area (Å²) in [5.74, 6) is 0.136. The zero-order valence-corrected chi connectivity index (χ0v) is 14.9. The van der Waals surface area contributed by atoms with Crippen LogP contribution in [0.25, 0.3) is 10.2 Å². The van der Waals surface area contributed by atoms with E-state index in [0.29, 0.717) is 30.4 Å². The molecule has 0 saturated carbocycles. The molecule has 2 saturated heterocycles. The smallest absolute Gasteiger partial charge is 0.262 e. The standard InChI is InChI=1S/C16H20N4O2S.ClH/c21-14(19-6-3-11-1-2-12(9-19)18-11)4-7-20-10-17-15-13(16(20)22)5-8-23-15;/h5,8,10-12,18H,1-4,6-7,9H2;1H. The van der Waals surface area contributed by atoms with E-state index in [0.717, 1.165) is 30.8 Å². The van der Waals surface area contributed by atoms with Crippen LogP contribution in [0.1, 0.15) is 25.7 Å². The molecular weight excluding hydrogens is 348 g/mol. The molecule has 2 aliphatic heterocycles. The Hall–Kier alpha value is -1.44. The lowest BCUT2D eigenvalue weighted by atomic mass is 10.1. The fourth-order valence-electron chi connectivity index (χ4n) is 3.60. The lowest BCUT2D eigenvalue weighted by Gasteiger charge is -2.24. The fraction of sp³-hybridized carbons (Fsp3) is 0.562. The molecule has 0 spiro atoms. The zero-order chi connectivity index (χ0) is 15.8. The summed E-state index contributed by atoms with van der Waals surface area (Å²) in [7, 11) is 0. The molecule has 130 valence electrons. The first-order valence-electron chi connectivity index (χ1n) is 8.17. The number of halogens is 1. The van der Waals surface area contributed by atoms with Gasteiger partial charge >= 0.3 is 0 Å². The Kier molecular flexibility index (Phi) is 5.22. The number of nitrogens with zero attached hydrogens (tertiary/aromatic N) is 3. The van der Waals surface area contributed by atoms with Crippen LogP contribution in [-0.4, -0.2) is 45.5 Å². The number of nitrogens with one attached hydrogen (secondary N) is 1. The summed E-state index contributed by atoms with van der Waals surface area (Å²) >= 11 is 1.46. The van der Waals surface area contributed by atoms with E-state index in [2.05, 4.69) is 10.3 Å². The van der Waals surface area contributed by atoms with Crippen molar-refractivity contribution in [1.82, 2.24) is 19.8 Å². The maximum atomic E-state index is 12.5. The largest absolute Gasteiger partial charge is 0.341 e. The van der Waals surface area contributed by atoms with Crippen LogP contribution < -0.4 is 10.9 Å². The molecule has 24 heavy (non-hydrogen) atoms. The van der Waals surface area contributed by atoms with Crippen molar-refractivity contribution in [2.45, 2.75) is 44.3 Å². The highest BCUT2D eigenvalue weighted by molar-refractivity contribution is 7.16. The molecule has 6 nitrogen and oxygen atoms in total. The third-order valence-electron chi connectivity index (χ3n) is 4.89. The van der Waals surface area contributed by atoms with Gasteiger partial charge in [-0.2, -0.15) is 0 Å². The Labute approximate surface area is 150 Å². The quantitative estimate of drug-likeness (QED) is 0.894. The van der Waals surface area contributed by atoms with Gasteiger partial charge in [0, 0.05) is 38.1 Å². The molecule has 2 aliphatic rings. The van der Waals surface area contributed by atoms with Gasteiger partial charge in [0.05, 0.1) is 11.7 Å². The fourth-order valence-corrected chi connectivity index (χ4v) is 4.32. The second-order valence-corrected chi connectivity index (χ2v) is 7.29. The van der Waals surface area contributed by atoms with Gasteiger partial charge in [-0.1, -0.05) is 0 Å². The third kappa shape index (κ3) is 3.34. The first-order chi connectivity index (χ1) is 11.2. The summed E-state index contributed by atoms with van der Waals surface area (Å²) in [4.78, 5) is 31.8. The van der Waals surface area contributed by atoms with Crippen molar-refractivity contribution in [2.75, 3.05) is 13.1 Å². The third-order valence-corrected chi connectivity index (χ3v) is 5.71. The molecular formula is C16H21ClN4O2S. The van der Waals surface area contributed by atoms with Crippen LogP contribution in [0.2, 0.25) is 0 Å². The monoisotopic (exact) mass is 368 g/mol. The number of amides is 1. The predicted octanol–water partition coefficient (Wildman–Crippen LogP) is 1.62. The summed E-state index contributed by atoms with van der Waals surface area (Å²) in [6, 6.07) is 2.81. The lowest BCUT2D eigenvalue weighted by molar-refractivity contribution is -0.131. The van der Waals surface area contributed by atoms with Crippen molar-refractivity contribution in [3.63, 3.8) is 0 Å². The highest BCUT2D eigenvalue weighted by Crippen LogP contribution is 2.20. The number of aryl methyl sites for hydroxylation is 1. The Morgan fingerprint density at radius 2 is 2.17 bits per heavy atom. The highest BCUT2D eigenvalue weighted by atomic mass is 35.5. The first kappa shape index (κ1) is 17.4. The number of fused-ring (bicyclic) bond motifs is 3. The summed E-state index contributed by atoms with van der Waals surface area (Å²) in [6.45, 7) is 2.02. The Morgan fingerprint density at radius 3 is 3.04 bits per heavy atom. The molecule has 8 heteroatoms. The van der Waals surface area contributed by atoms with Gasteiger partial charge in [-0.15, -0.1) is 23.7 Å². The number of hydrogen-bond acceptors (Lipinski definition) is 5. The van der Waals surface area contributed by atoms with Gasteiger partial charge in [0.1, 0.15) is 4.83 Å². The normalized spacial score (nSPS) is 23.1. The van der Waals surface area contributed by atoms with Crippen LogP contribution in [0.3, 0.4) is 0 Å². The molecule has 0 aliphatic carbocycles. The van der Waals surface area contributed by atoms with Crippen LogP contribution in [0.4, 0.5) is 0 Å². The van der Waals surface area contributed by atoms with E-state index in [1.165, 1.54) is 17.8 Å². The zero-order valence-electron chi connectivity index (χ0n) is 13.3. The van der Waals surface area contributed by atoms with Gasteiger partial charge < -0.3 is 10.2 Å². The summed E-state index contributed by atoms with van der Waals surface area (Å²) in [5.41, 5.74) is -0.0550. The van der Waals surface area contributed by atoms with E-state index in [9.17, 15) is 9.59 Å². The van der Waals surface area contributed by atoms with Crippen molar-refractivity contribution in [1.29, 1.82) is 0 Å². The summed E-state index contributed by atoms with van der Waals surface area (Å²) in [5, 5.41) is 6.09. The minimum atomic E-state index is -0.0550. The van der Waals surface area contributed by atoms with E-state index in [1.807, 2.05) is 10.3 Å². The maximum Gasteiger partial charge on any atom is 0.262 e. The van der Waals surface area contributed by atoms with Gasteiger partial charge in [-0.05, 0) is 30.7 Å². The second-order valence-electron chi connectivity index (χ2n) is 6.40. The Balaban J connectivity index is 0.00000169. The Morgan fingerprint density at radius 1 is 1.33 bits per heavy atom. The molecule has 2 fully saturated rings. The number of carbonyl (C=O) groups excluding carboxylic acids is 1. The molecule has 2 aromatic heterocycles. The first-order valence-corrected chi connectivity index (χ1v) is 9.05. The SMILES string of the molecule is Cl.O=C(CCn1cnc2sccc2c1=O)N1CCC2CCC(C1)N2. The van der Waals surface area contributed by atoms with Crippen molar-refractivity contribution in [3.05, 3.63) is 28.1 Å². The summed E-state index contributed by atoms with van der Waals surface area (Å²) < 4.78 is 1.55. The van der Waals surface area contributed by atoms with Gasteiger partial charge in [0.2, 0.25) is 5.91 Å². The maximum absolute atomic E-state index is 12.5. The van der Waals surface area contributed by atoms with Crippen molar-refractivity contribution in [2.24, 2.45) is 0 Å². The summed E-state index contributed by atoms with van der Waals surface area (Å²) in [6.07, 6.45) is 5.33. The minimum absolute atomic E-state index is 0. The molecule has 0 aromatic carbocycles. The van der Waals surface area contributed by atoms with Gasteiger partial charge in [-0.25, -0.2) is 4.98 Å². The topological polar surface area (TPSA) is 67.2 Å². The number of aromatic nitrogens is 2. The van der Waals surface area contributed by atoms with Crippen molar-refractivity contribution in [3.8, 4) is 0 Å². The van der Waals surface area contributed by atoms with Crippen LogP contribution in [-0.2, 0) is 11.3 Å². The molecule has 2 unspecified atom stereocenters. The van der Waals surface area contributed by atoms with Crippen LogP contribution in [0.15, 0.2) is 22.6 Å². The molecule has 1 N–H and O–H groups in total. The average Bonchev–Trinajstić information content (AvgIpc) is 3.13. The number of hydrogen-bond donors (Lipinski definition) is 1. The van der Waals surface area contributed by atoms with Gasteiger partial charge in [0.25, 0.3) is 5.56 Å². The molecule has 2 bridgehead atoms. The van der Waals surface area contributed by atoms with Crippen LogP contribution >= 0.6 is 23.7 Å². The molecule has 4 rings (SSSR count). The van der Waals surface area contributed by atoms with Gasteiger partial charge in [0.15, 0.2) is 0 Å². The lowest BCUT2D eigenvalue weighted by Crippen LogP contribution is -2.39. The minimum Gasteiger partial charge on any atom is -0.341 e. The van der Waals surface area contributed by atoms with Crippen LogP contribution in [0.5, 0.6) is 0 Å². The van der Waals surface area contributed by atoms with E-state index >= 15 is 0 Å². The van der Waals surface area contributed by atoms with E-state index in [-0.39, 0.29) is 23.9 Å². The van der Waals surface area contributed by atoms with E-state index < -0.39 is 0 Å². The highest BCUT2D eigenvalue weighted by Gasteiger charge is 2.30. The molecule has 2 atom stereocenters. The van der Waals surface area contributed by atoms with Crippen LogP contribution in [0, 0.1) is 0 Å². The Bertz CT molecular complexity index is 790. The van der Waals surface area contributed by atoms with E-state index in [1.54, 1.807) is 17.0 Å². The molecule has 2 aromatic rings. The number of rotatable bonds is 3. The molecule has 1 amide bonds. The van der Waals surface area contributed by atoms with Crippen molar-refractivity contribution < 1.29 is 4.79 Å². The molecule has 4 heterocycles. The molecule has 0 radical (unpaired) electrons. The number of thiophene rings is 1. The predicted molar refractivity (Wildman–Crippen MR) is 96.9 cm³/mol. The van der Waals surface area contributed by atoms with Gasteiger partial charge in [-0.3, -0.25) is 14.2 Å². The second kappa shape index (κ2) is 7.21. The van der Waals surface area contributed by atoms with E-state index in [4.69, 9.17) is 0 Å². The number of carbonyl (C=O) groups is 1. The number of likely N-dealkylation sites (tertiary alicyclic amines) is 1.